The van der Waals surface area contributed by atoms with E-state index in [1.165, 1.54) is 6.07 Å². The summed E-state index contributed by atoms with van der Waals surface area (Å²) in [5.74, 6) is -3.15. The Balaban J connectivity index is 1.29. The third-order valence-electron chi connectivity index (χ3n) is 7.18. The molecule has 8 nitrogen and oxygen atoms in total. The van der Waals surface area contributed by atoms with Crippen molar-refractivity contribution in [3.8, 4) is 5.75 Å². The zero-order valence-corrected chi connectivity index (χ0v) is 23.9. The predicted octanol–water partition coefficient (Wildman–Crippen LogP) is 5.58. The second kappa shape index (κ2) is 11.0. The summed E-state index contributed by atoms with van der Waals surface area (Å²) in [7, 11) is 0. The quantitative estimate of drug-likeness (QED) is 0.271. The lowest BCUT2D eigenvalue weighted by atomic mass is 9.83. The molecule has 0 spiro atoms. The van der Waals surface area contributed by atoms with Crippen LogP contribution in [0.1, 0.15) is 27.5 Å². The number of ether oxygens (including phenoxy) is 1. The van der Waals surface area contributed by atoms with Gasteiger partial charge in [0, 0.05) is 16.5 Å². The molecule has 1 saturated heterocycles. The number of amides is 3. The summed E-state index contributed by atoms with van der Waals surface area (Å²) in [5, 5.41) is 2.20. The van der Waals surface area contributed by atoms with Gasteiger partial charge in [0.25, 0.3) is 5.91 Å². The van der Waals surface area contributed by atoms with Crippen molar-refractivity contribution in [1.82, 2.24) is 4.98 Å². The lowest BCUT2D eigenvalue weighted by molar-refractivity contribution is -0.137. The number of carbonyl (C=O) groups excluding carboxylic acids is 3. The number of aromatic nitrogens is 1. The Labute approximate surface area is 250 Å². The first-order chi connectivity index (χ1) is 20.5. The van der Waals surface area contributed by atoms with Crippen molar-refractivity contribution in [2.75, 3.05) is 16.8 Å². The molecule has 0 bridgehead atoms. The van der Waals surface area contributed by atoms with Crippen molar-refractivity contribution >= 4 is 52.2 Å². The predicted molar refractivity (Wildman–Crippen MR) is 156 cm³/mol. The van der Waals surface area contributed by atoms with Crippen LogP contribution in [0.2, 0.25) is 0 Å². The molecule has 0 unspecified atom stereocenters. The number of aromatic amines is 1. The number of rotatable bonds is 6. The van der Waals surface area contributed by atoms with E-state index in [0.29, 0.717) is 26.9 Å². The maximum absolute atomic E-state index is 13.8. The molecule has 13 heteroatoms. The highest BCUT2D eigenvalue weighted by Crippen LogP contribution is 2.53. The first kappa shape index (κ1) is 28.7. The molecule has 3 heterocycles. The second-order valence-corrected chi connectivity index (χ2v) is 12.3. The Morgan fingerprint density at radius 2 is 1.74 bits per heavy atom. The van der Waals surface area contributed by atoms with E-state index < -0.39 is 40.6 Å². The average molecular weight is 626 g/mol. The van der Waals surface area contributed by atoms with Crippen molar-refractivity contribution in [1.29, 1.82) is 0 Å². The van der Waals surface area contributed by atoms with Gasteiger partial charge in [0.2, 0.25) is 11.8 Å². The average Bonchev–Trinajstić information content (AvgIpc) is 3.47. The van der Waals surface area contributed by atoms with Gasteiger partial charge in [-0.1, -0.05) is 59.0 Å². The molecule has 3 atom stereocenters. The Hall–Kier alpha value is -4.36. The molecular weight excluding hydrogens is 603 g/mol. The minimum Gasteiger partial charge on any atom is -0.484 e. The normalized spacial score (nSPS) is 19.6. The van der Waals surface area contributed by atoms with Crippen LogP contribution >= 0.6 is 23.1 Å². The van der Waals surface area contributed by atoms with Gasteiger partial charge < -0.3 is 15.0 Å². The fourth-order valence-electron chi connectivity index (χ4n) is 5.23. The van der Waals surface area contributed by atoms with E-state index in [-0.39, 0.29) is 23.1 Å². The molecule has 2 aliphatic rings. The fourth-order valence-corrected chi connectivity index (χ4v) is 7.75. The monoisotopic (exact) mass is 625 g/mol. The van der Waals surface area contributed by atoms with Gasteiger partial charge in [0.1, 0.15) is 11.0 Å². The standard InChI is InChI=1S/C30H22F3N3O5S2/c1-15-8-10-18(11-9-15)34-21(37)14-41-20-7-2-4-16(12-20)22-23-25(42-26-24(22)43-29(40)35-26)28(39)36(27(23)38)19-6-3-5-17(13-19)30(31,32)33/h2-13,22-23,25H,14H2,1H3,(H,34,37)(H,35,40)/t22-,23-,25+/m0/s1. The Kier molecular flexibility index (Phi) is 7.38. The van der Waals surface area contributed by atoms with Crippen LogP contribution in [-0.4, -0.2) is 34.6 Å². The van der Waals surface area contributed by atoms with E-state index in [1.54, 1.807) is 36.4 Å². The van der Waals surface area contributed by atoms with Gasteiger partial charge in [-0.2, -0.15) is 13.2 Å². The van der Waals surface area contributed by atoms with Crippen LogP contribution in [0.4, 0.5) is 24.5 Å². The van der Waals surface area contributed by atoms with Crippen LogP contribution < -0.4 is 19.8 Å². The molecule has 1 aromatic heterocycles. The van der Waals surface area contributed by atoms with Crippen LogP contribution in [0, 0.1) is 12.8 Å². The molecule has 43 heavy (non-hydrogen) atoms. The van der Waals surface area contributed by atoms with Crippen LogP contribution in [-0.2, 0) is 20.6 Å². The zero-order chi connectivity index (χ0) is 30.5. The third-order valence-corrected chi connectivity index (χ3v) is 9.58. The summed E-state index contributed by atoms with van der Waals surface area (Å²) < 4.78 is 46.0. The fraction of sp³-hybridized carbons (Fsp3) is 0.200. The van der Waals surface area contributed by atoms with Crippen molar-refractivity contribution in [2.45, 2.75) is 29.3 Å². The molecule has 1 fully saturated rings. The van der Waals surface area contributed by atoms with Crippen molar-refractivity contribution < 1.29 is 32.3 Å². The van der Waals surface area contributed by atoms with Gasteiger partial charge >= 0.3 is 11.0 Å². The van der Waals surface area contributed by atoms with E-state index in [4.69, 9.17) is 4.74 Å². The molecule has 220 valence electrons. The lowest BCUT2D eigenvalue weighted by Crippen LogP contribution is -2.32. The number of aryl methyl sites for hydroxylation is 1. The number of benzene rings is 3. The first-order valence-electron chi connectivity index (χ1n) is 13.0. The second-order valence-electron chi connectivity index (χ2n) is 10.1. The minimum atomic E-state index is -4.66. The summed E-state index contributed by atoms with van der Waals surface area (Å²) in [6, 6.07) is 18.0. The molecule has 4 aromatic rings. The first-order valence-corrected chi connectivity index (χ1v) is 14.7. The summed E-state index contributed by atoms with van der Waals surface area (Å²) >= 11 is 1.93. The van der Waals surface area contributed by atoms with E-state index in [2.05, 4.69) is 10.3 Å². The largest absolute Gasteiger partial charge is 0.484 e. The number of hydrogen-bond donors (Lipinski definition) is 2. The number of thiazole rings is 1. The highest BCUT2D eigenvalue weighted by Gasteiger charge is 2.56. The molecule has 0 aliphatic carbocycles. The van der Waals surface area contributed by atoms with Crippen LogP contribution in [0.5, 0.6) is 5.75 Å². The highest BCUT2D eigenvalue weighted by atomic mass is 32.2. The summed E-state index contributed by atoms with van der Waals surface area (Å²) in [6.45, 7) is 1.63. The van der Waals surface area contributed by atoms with Crippen molar-refractivity contribution in [3.05, 3.63) is 104 Å². The molecule has 0 radical (unpaired) electrons. The van der Waals surface area contributed by atoms with E-state index in [9.17, 15) is 32.3 Å². The van der Waals surface area contributed by atoms with Gasteiger partial charge in [0.15, 0.2) is 6.61 Å². The van der Waals surface area contributed by atoms with Crippen LogP contribution in [0.15, 0.2) is 82.6 Å². The minimum absolute atomic E-state index is 0.174. The number of carbonyl (C=O) groups is 3. The van der Waals surface area contributed by atoms with Gasteiger partial charge in [-0.15, -0.1) is 0 Å². The number of H-pyrrole nitrogens is 1. The number of nitrogens with one attached hydrogen (secondary N) is 2. The number of hydrogen-bond acceptors (Lipinski definition) is 7. The topological polar surface area (TPSA) is 109 Å². The molecule has 2 aliphatic heterocycles. The Morgan fingerprint density at radius 3 is 2.49 bits per heavy atom. The van der Waals surface area contributed by atoms with Crippen molar-refractivity contribution in [2.24, 2.45) is 5.92 Å². The highest BCUT2D eigenvalue weighted by molar-refractivity contribution is 8.00. The molecule has 6 rings (SSSR count). The summed E-state index contributed by atoms with van der Waals surface area (Å²) in [4.78, 5) is 55.9. The van der Waals surface area contributed by atoms with Gasteiger partial charge in [0.05, 0.1) is 22.2 Å². The molecule has 3 aromatic carbocycles. The van der Waals surface area contributed by atoms with Gasteiger partial charge in [-0.05, 0) is 55.0 Å². The van der Waals surface area contributed by atoms with Gasteiger partial charge in [-0.3, -0.25) is 19.2 Å². The van der Waals surface area contributed by atoms with E-state index in [0.717, 1.165) is 51.8 Å². The molecule has 3 amide bonds. The number of imide groups is 1. The molecular formula is C30H22F3N3O5S2. The Morgan fingerprint density at radius 1 is 1.00 bits per heavy atom. The number of alkyl halides is 3. The number of thioether (sulfide) groups is 1. The number of fused-ring (bicyclic) bond motifs is 2. The maximum atomic E-state index is 13.8. The van der Waals surface area contributed by atoms with Gasteiger partial charge in [-0.25, -0.2) is 4.90 Å². The van der Waals surface area contributed by atoms with Crippen LogP contribution in [0.3, 0.4) is 0 Å². The van der Waals surface area contributed by atoms with E-state index in [1.807, 2.05) is 19.1 Å². The smallest absolute Gasteiger partial charge is 0.416 e. The molecule has 0 saturated carbocycles. The molecule has 2 N–H and O–H groups in total. The maximum Gasteiger partial charge on any atom is 0.416 e. The zero-order valence-electron chi connectivity index (χ0n) is 22.3. The van der Waals surface area contributed by atoms with Crippen molar-refractivity contribution in [3.63, 3.8) is 0 Å². The summed E-state index contributed by atoms with van der Waals surface area (Å²) in [5.41, 5.74) is 1.06. The number of halogens is 3. The summed E-state index contributed by atoms with van der Waals surface area (Å²) in [6.07, 6.45) is -4.66. The van der Waals surface area contributed by atoms with Crippen LogP contribution in [0.25, 0.3) is 0 Å². The SMILES string of the molecule is Cc1ccc(NC(=O)COc2cccc([C@@H]3c4sc(=O)[nH]c4S[C@H]4C(=O)N(c5cccc(C(F)(F)F)c5)C(=O)[C@@H]34)c2)cc1. The number of nitrogens with zero attached hydrogens (tertiary/aromatic N) is 1. The van der Waals surface area contributed by atoms with E-state index >= 15 is 0 Å². The number of anilines is 2. The lowest BCUT2D eigenvalue weighted by Gasteiger charge is -2.30. The Bertz CT molecular complexity index is 1800. The third kappa shape index (κ3) is 5.57.